The minimum atomic E-state index is -1.01. The summed E-state index contributed by atoms with van der Waals surface area (Å²) >= 11 is 0. The summed E-state index contributed by atoms with van der Waals surface area (Å²) in [6.07, 6.45) is 2.50. The second kappa shape index (κ2) is 8.46. The predicted octanol–water partition coefficient (Wildman–Crippen LogP) is 3.20. The van der Waals surface area contributed by atoms with E-state index in [-0.39, 0.29) is 18.2 Å². The van der Waals surface area contributed by atoms with Crippen molar-refractivity contribution in [3.05, 3.63) is 41.9 Å². The summed E-state index contributed by atoms with van der Waals surface area (Å²) in [5, 5.41) is 11.7. The van der Waals surface area contributed by atoms with Gasteiger partial charge in [0, 0.05) is 18.4 Å². The molecule has 6 heteroatoms. The summed E-state index contributed by atoms with van der Waals surface area (Å²) in [5.74, 6) is -0.0340. The number of nitrogens with one attached hydrogen (secondary N) is 1. The molecular weight excluding hydrogens is 320 g/mol. The minimum absolute atomic E-state index is 0.135. The summed E-state index contributed by atoms with van der Waals surface area (Å²) in [6.45, 7) is 5.85. The topological polar surface area (TPSA) is 92.4 Å². The minimum Gasteiger partial charge on any atom is -0.480 e. The van der Waals surface area contributed by atoms with E-state index >= 15 is 0 Å². The number of aromatic nitrogens is 1. The van der Waals surface area contributed by atoms with Gasteiger partial charge in [0.2, 0.25) is 5.91 Å². The Balaban J connectivity index is 1.89. The number of carboxylic acids is 1. The van der Waals surface area contributed by atoms with Crippen molar-refractivity contribution in [2.45, 2.75) is 46.1 Å². The lowest BCUT2D eigenvalue weighted by atomic mass is 10.0. The van der Waals surface area contributed by atoms with Crippen molar-refractivity contribution in [3.8, 4) is 11.3 Å². The Labute approximate surface area is 147 Å². The third-order valence-electron chi connectivity index (χ3n) is 3.80. The number of rotatable bonds is 8. The molecule has 1 aromatic carbocycles. The summed E-state index contributed by atoms with van der Waals surface area (Å²) in [4.78, 5) is 27.4. The first-order valence-electron chi connectivity index (χ1n) is 8.39. The molecule has 0 aliphatic rings. The van der Waals surface area contributed by atoms with Crippen LogP contribution < -0.4 is 5.32 Å². The zero-order valence-corrected chi connectivity index (χ0v) is 14.8. The van der Waals surface area contributed by atoms with E-state index < -0.39 is 12.0 Å². The lowest BCUT2D eigenvalue weighted by Crippen LogP contribution is -2.41. The summed E-state index contributed by atoms with van der Waals surface area (Å²) in [5.41, 5.74) is 2.09. The largest absolute Gasteiger partial charge is 0.480 e. The van der Waals surface area contributed by atoms with Gasteiger partial charge in [0.05, 0.1) is 6.20 Å². The molecule has 6 nitrogen and oxygen atoms in total. The molecule has 0 radical (unpaired) electrons. The van der Waals surface area contributed by atoms with Gasteiger partial charge in [0.1, 0.15) is 6.04 Å². The van der Waals surface area contributed by atoms with Gasteiger partial charge in [-0.1, -0.05) is 43.7 Å². The standard InChI is InChI=1S/C19H24N2O4/c1-12(2)10-15(19(23)24)21-17(22)8-9-18-20-11-16(25-18)14-6-4-13(3)5-7-14/h4-7,11-12,15H,8-10H2,1-3H3,(H,21,22)(H,23,24)/t15-/m1/s1. The molecule has 2 rings (SSSR count). The average molecular weight is 344 g/mol. The molecule has 2 N–H and O–H groups in total. The molecule has 0 unspecified atom stereocenters. The van der Waals surface area contributed by atoms with Crippen LogP contribution in [0.3, 0.4) is 0 Å². The Morgan fingerprint density at radius 2 is 1.92 bits per heavy atom. The number of hydrogen-bond donors (Lipinski definition) is 2. The number of amides is 1. The number of aliphatic carboxylic acids is 1. The van der Waals surface area contributed by atoms with Crippen molar-refractivity contribution in [1.82, 2.24) is 10.3 Å². The molecule has 134 valence electrons. The summed E-state index contributed by atoms with van der Waals surface area (Å²) in [6, 6.07) is 7.03. The van der Waals surface area contributed by atoms with Gasteiger partial charge in [-0.3, -0.25) is 4.79 Å². The van der Waals surface area contributed by atoms with E-state index in [1.165, 1.54) is 0 Å². The Hall–Kier alpha value is -2.63. The fourth-order valence-corrected chi connectivity index (χ4v) is 2.46. The summed E-state index contributed by atoms with van der Waals surface area (Å²) in [7, 11) is 0. The second-order valence-corrected chi connectivity index (χ2v) is 6.57. The molecule has 1 aromatic heterocycles. The van der Waals surface area contributed by atoms with E-state index in [0.717, 1.165) is 11.1 Å². The van der Waals surface area contributed by atoms with Gasteiger partial charge in [-0.05, 0) is 19.3 Å². The molecular formula is C19H24N2O4. The molecule has 0 saturated heterocycles. The van der Waals surface area contributed by atoms with Gasteiger partial charge in [0.15, 0.2) is 11.7 Å². The lowest BCUT2D eigenvalue weighted by Gasteiger charge is -2.16. The molecule has 0 bridgehead atoms. The second-order valence-electron chi connectivity index (χ2n) is 6.57. The van der Waals surface area contributed by atoms with E-state index in [2.05, 4.69) is 10.3 Å². The zero-order chi connectivity index (χ0) is 18.4. The van der Waals surface area contributed by atoms with E-state index in [4.69, 9.17) is 9.52 Å². The van der Waals surface area contributed by atoms with Crippen LogP contribution in [0.1, 0.15) is 38.1 Å². The molecule has 1 amide bonds. The highest BCUT2D eigenvalue weighted by molar-refractivity contribution is 5.83. The maximum Gasteiger partial charge on any atom is 0.326 e. The zero-order valence-electron chi connectivity index (χ0n) is 14.8. The number of oxazole rings is 1. The quantitative estimate of drug-likeness (QED) is 0.767. The highest BCUT2D eigenvalue weighted by Crippen LogP contribution is 2.21. The van der Waals surface area contributed by atoms with Gasteiger partial charge in [-0.2, -0.15) is 0 Å². The van der Waals surface area contributed by atoms with E-state index in [1.807, 2.05) is 45.0 Å². The molecule has 0 aliphatic heterocycles. The van der Waals surface area contributed by atoms with Crippen LogP contribution in [0.5, 0.6) is 0 Å². The van der Waals surface area contributed by atoms with Crippen LogP contribution in [0.2, 0.25) is 0 Å². The van der Waals surface area contributed by atoms with Crippen LogP contribution in [-0.2, 0) is 16.0 Å². The first-order valence-corrected chi connectivity index (χ1v) is 8.39. The molecule has 0 fully saturated rings. The van der Waals surface area contributed by atoms with Crippen molar-refractivity contribution >= 4 is 11.9 Å². The highest BCUT2D eigenvalue weighted by Gasteiger charge is 2.21. The molecule has 1 atom stereocenters. The van der Waals surface area contributed by atoms with E-state index in [9.17, 15) is 9.59 Å². The van der Waals surface area contributed by atoms with Gasteiger partial charge in [0.25, 0.3) is 0 Å². The fraction of sp³-hybridized carbons (Fsp3) is 0.421. The van der Waals surface area contributed by atoms with Crippen molar-refractivity contribution in [1.29, 1.82) is 0 Å². The van der Waals surface area contributed by atoms with E-state index in [1.54, 1.807) is 6.20 Å². The van der Waals surface area contributed by atoms with Gasteiger partial charge in [-0.25, -0.2) is 9.78 Å². The molecule has 0 spiro atoms. The van der Waals surface area contributed by atoms with Gasteiger partial charge in [-0.15, -0.1) is 0 Å². The average Bonchev–Trinajstić information content (AvgIpc) is 3.01. The number of carboxylic acid groups (broad SMARTS) is 1. The fourth-order valence-electron chi connectivity index (χ4n) is 2.46. The Kier molecular flexibility index (Phi) is 6.33. The maximum atomic E-state index is 12.0. The van der Waals surface area contributed by atoms with E-state index in [0.29, 0.717) is 24.5 Å². The van der Waals surface area contributed by atoms with Crippen LogP contribution in [-0.4, -0.2) is 28.0 Å². The number of aryl methyl sites for hydroxylation is 2. The van der Waals surface area contributed by atoms with Crippen molar-refractivity contribution < 1.29 is 19.1 Å². The molecule has 25 heavy (non-hydrogen) atoms. The third kappa shape index (κ3) is 5.74. The summed E-state index contributed by atoms with van der Waals surface area (Å²) < 4.78 is 5.67. The number of carbonyl (C=O) groups excluding carboxylic acids is 1. The number of benzene rings is 1. The van der Waals surface area contributed by atoms with Crippen molar-refractivity contribution in [2.75, 3.05) is 0 Å². The van der Waals surface area contributed by atoms with Crippen LogP contribution in [0.4, 0.5) is 0 Å². The predicted molar refractivity (Wildman–Crippen MR) is 94.0 cm³/mol. The SMILES string of the molecule is Cc1ccc(-c2cnc(CCC(=O)N[C@H](CC(C)C)C(=O)O)o2)cc1. The number of nitrogens with zero attached hydrogens (tertiary/aromatic N) is 1. The van der Waals surface area contributed by atoms with Gasteiger partial charge < -0.3 is 14.8 Å². The van der Waals surface area contributed by atoms with Crippen molar-refractivity contribution in [3.63, 3.8) is 0 Å². The van der Waals surface area contributed by atoms with Crippen LogP contribution in [0.25, 0.3) is 11.3 Å². The molecule has 0 aliphatic carbocycles. The monoisotopic (exact) mass is 344 g/mol. The number of hydrogen-bond acceptors (Lipinski definition) is 4. The molecule has 1 heterocycles. The number of carbonyl (C=O) groups is 2. The Morgan fingerprint density at radius 1 is 1.24 bits per heavy atom. The smallest absolute Gasteiger partial charge is 0.326 e. The van der Waals surface area contributed by atoms with Crippen LogP contribution >= 0.6 is 0 Å². The first kappa shape index (κ1) is 18.7. The van der Waals surface area contributed by atoms with Crippen molar-refractivity contribution in [2.24, 2.45) is 5.92 Å². The van der Waals surface area contributed by atoms with Crippen LogP contribution in [0, 0.1) is 12.8 Å². The Bertz CT molecular complexity index is 719. The first-order chi connectivity index (χ1) is 11.8. The van der Waals surface area contributed by atoms with Gasteiger partial charge >= 0.3 is 5.97 Å². The normalized spacial score (nSPS) is 12.2. The molecule has 0 saturated carbocycles. The lowest BCUT2D eigenvalue weighted by molar-refractivity contribution is -0.142. The highest BCUT2D eigenvalue weighted by atomic mass is 16.4. The maximum absolute atomic E-state index is 12.0. The molecule has 2 aromatic rings. The Morgan fingerprint density at radius 3 is 2.52 bits per heavy atom. The third-order valence-corrected chi connectivity index (χ3v) is 3.80. The van der Waals surface area contributed by atoms with Crippen LogP contribution in [0.15, 0.2) is 34.9 Å².